The van der Waals surface area contributed by atoms with Crippen LogP contribution < -0.4 is 5.32 Å². The number of thioether (sulfide) groups is 1. The molecule has 0 bridgehead atoms. The molecule has 0 saturated carbocycles. The summed E-state index contributed by atoms with van der Waals surface area (Å²) in [5.74, 6) is -0.505. The molecule has 1 saturated heterocycles. The van der Waals surface area contributed by atoms with Gasteiger partial charge in [-0.1, -0.05) is 13.8 Å². The van der Waals surface area contributed by atoms with Crippen LogP contribution in [0.1, 0.15) is 34.7 Å². The van der Waals surface area contributed by atoms with Crippen molar-refractivity contribution in [2.75, 3.05) is 18.2 Å². The summed E-state index contributed by atoms with van der Waals surface area (Å²) in [6.45, 7) is 4.54. The van der Waals surface area contributed by atoms with Crippen LogP contribution in [0.15, 0.2) is 18.3 Å². The fourth-order valence-corrected chi connectivity index (χ4v) is 3.26. The summed E-state index contributed by atoms with van der Waals surface area (Å²) in [7, 11) is 0. The van der Waals surface area contributed by atoms with E-state index in [2.05, 4.69) is 10.3 Å². The molecule has 2 N–H and O–H groups in total. The Balaban J connectivity index is 2.13. The molecule has 1 unspecified atom stereocenters. The minimum atomic E-state index is -1.12. The van der Waals surface area contributed by atoms with Gasteiger partial charge in [0.2, 0.25) is 5.91 Å². The van der Waals surface area contributed by atoms with E-state index in [1.807, 2.05) is 13.8 Å². The second kappa shape index (κ2) is 7.45. The van der Waals surface area contributed by atoms with Crippen LogP contribution in [0.5, 0.6) is 0 Å². The molecule has 2 amide bonds. The van der Waals surface area contributed by atoms with Crippen LogP contribution in [0, 0.1) is 5.92 Å². The summed E-state index contributed by atoms with van der Waals surface area (Å²) in [6.07, 6.45) is 1.29. The number of carboxylic acids is 1. The fraction of sp³-hybridized carbons (Fsp3) is 0.467. The van der Waals surface area contributed by atoms with Gasteiger partial charge < -0.3 is 15.3 Å². The Labute approximate surface area is 138 Å². The predicted octanol–water partition coefficient (Wildman–Crippen LogP) is 1.07. The lowest BCUT2D eigenvalue weighted by molar-refractivity contribution is -0.124. The van der Waals surface area contributed by atoms with Gasteiger partial charge in [-0.05, 0) is 18.1 Å². The predicted molar refractivity (Wildman–Crippen MR) is 86.3 cm³/mol. The minimum absolute atomic E-state index is 0.00370. The fourth-order valence-electron chi connectivity index (χ4n) is 2.11. The Hall–Kier alpha value is -2.09. The lowest BCUT2D eigenvalue weighted by atomic mass is 10.2. The zero-order valence-electron chi connectivity index (χ0n) is 13.0. The Morgan fingerprint density at radius 3 is 2.87 bits per heavy atom. The number of amides is 2. The van der Waals surface area contributed by atoms with Crippen molar-refractivity contribution in [3.05, 3.63) is 29.6 Å². The van der Waals surface area contributed by atoms with E-state index in [1.165, 1.54) is 35.0 Å². The molecule has 1 aromatic rings. The lowest BCUT2D eigenvalue weighted by Crippen LogP contribution is -2.48. The van der Waals surface area contributed by atoms with E-state index >= 15 is 0 Å². The van der Waals surface area contributed by atoms with Crippen LogP contribution in [0.2, 0.25) is 0 Å². The first-order valence-electron chi connectivity index (χ1n) is 7.26. The number of pyridine rings is 1. The highest BCUT2D eigenvalue weighted by Gasteiger charge is 2.35. The maximum atomic E-state index is 12.6. The van der Waals surface area contributed by atoms with Gasteiger partial charge in [0.05, 0.1) is 11.4 Å². The van der Waals surface area contributed by atoms with Crippen LogP contribution in [-0.4, -0.2) is 57.0 Å². The molecule has 8 heteroatoms. The van der Waals surface area contributed by atoms with Crippen molar-refractivity contribution in [2.24, 2.45) is 5.92 Å². The molecule has 23 heavy (non-hydrogen) atoms. The number of carbonyl (C=O) groups is 3. The number of nitrogens with one attached hydrogen (secondary N) is 1. The van der Waals surface area contributed by atoms with Gasteiger partial charge in [-0.25, -0.2) is 4.79 Å². The number of carbonyl (C=O) groups excluding carboxylic acids is 2. The topological polar surface area (TPSA) is 99.6 Å². The highest BCUT2D eigenvalue weighted by Crippen LogP contribution is 2.23. The zero-order chi connectivity index (χ0) is 17.0. The molecule has 124 valence electrons. The Morgan fingerprint density at radius 2 is 2.22 bits per heavy atom. The Bertz CT molecular complexity index is 620. The van der Waals surface area contributed by atoms with Crippen molar-refractivity contribution in [1.82, 2.24) is 15.2 Å². The monoisotopic (exact) mass is 337 g/mol. The summed E-state index contributed by atoms with van der Waals surface area (Å²) < 4.78 is 0. The number of hydrogen-bond donors (Lipinski definition) is 2. The third-order valence-corrected chi connectivity index (χ3v) is 4.37. The molecule has 0 aliphatic carbocycles. The molecular weight excluding hydrogens is 318 g/mol. The van der Waals surface area contributed by atoms with Crippen molar-refractivity contribution >= 4 is 29.5 Å². The summed E-state index contributed by atoms with van der Waals surface area (Å²) in [5, 5.41) is 11.8. The van der Waals surface area contributed by atoms with Gasteiger partial charge in [0.15, 0.2) is 0 Å². The molecule has 0 aromatic carbocycles. The largest absolute Gasteiger partial charge is 0.478 e. The SMILES string of the molecule is CC(C)CNC(=O)C1CSCN1C(=O)c1cc(C(=O)O)ccn1. The smallest absolute Gasteiger partial charge is 0.335 e. The van der Waals surface area contributed by atoms with Crippen LogP contribution in [0.3, 0.4) is 0 Å². The first-order chi connectivity index (χ1) is 10.9. The number of nitrogens with zero attached hydrogens (tertiary/aromatic N) is 2. The van der Waals surface area contributed by atoms with Gasteiger partial charge in [0, 0.05) is 18.5 Å². The summed E-state index contributed by atoms with van der Waals surface area (Å²) in [6, 6.07) is 2.00. The van der Waals surface area contributed by atoms with Gasteiger partial charge in [0.1, 0.15) is 11.7 Å². The van der Waals surface area contributed by atoms with E-state index in [1.54, 1.807) is 0 Å². The zero-order valence-corrected chi connectivity index (χ0v) is 13.8. The van der Waals surface area contributed by atoms with Gasteiger partial charge in [-0.15, -0.1) is 11.8 Å². The van der Waals surface area contributed by atoms with E-state index in [0.717, 1.165) is 0 Å². The Morgan fingerprint density at radius 1 is 1.48 bits per heavy atom. The molecular formula is C15H19N3O4S. The molecule has 0 radical (unpaired) electrons. The summed E-state index contributed by atoms with van der Waals surface area (Å²) >= 11 is 1.49. The van der Waals surface area contributed by atoms with Crippen molar-refractivity contribution in [1.29, 1.82) is 0 Å². The molecule has 1 aromatic heterocycles. The minimum Gasteiger partial charge on any atom is -0.478 e. The van der Waals surface area contributed by atoms with Crippen molar-refractivity contribution in [3.63, 3.8) is 0 Å². The second-order valence-electron chi connectivity index (χ2n) is 5.66. The number of hydrogen-bond acceptors (Lipinski definition) is 5. The highest BCUT2D eigenvalue weighted by atomic mass is 32.2. The molecule has 1 atom stereocenters. The number of aromatic nitrogens is 1. The normalized spacial score (nSPS) is 17.3. The molecule has 1 aliphatic heterocycles. The van der Waals surface area contributed by atoms with E-state index in [4.69, 9.17) is 5.11 Å². The number of rotatable bonds is 5. The average Bonchev–Trinajstić information content (AvgIpc) is 3.01. The van der Waals surface area contributed by atoms with Gasteiger partial charge in [-0.2, -0.15) is 0 Å². The van der Waals surface area contributed by atoms with Gasteiger partial charge in [-0.3, -0.25) is 14.6 Å². The first kappa shape index (κ1) is 17.3. The summed E-state index contributed by atoms with van der Waals surface area (Å²) in [5.41, 5.74) is 0.0325. The standard InChI is InChI=1S/C15H19N3O4S/c1-9(2)6-17-13(19)12-7-23-8-18(12)14(20)11-5-10(15(21)22)3-4-16-11/h3-5,9,12H,6-8H2,1-2H3,(H,17,19)(H,21,22). The van der Waals surface area contributed by atoms with Crippen LogP contribution in [-0.2, 0) is 4.79 Å². The second-order valence-corrected chi connectivity index (χ2v) is 6.66. The maximum Gasteiger partial charge on any atom is 0.335 e. The van der Waals surface area contributed by atoms with E-state index < -0.39 is 17.9 Å². The quantitative estimate of drug-likeness (QED) is 0.834. The van der Waals surface area contributed by atoms with E-state index in [-0.39, 0.29) is 17.2 Å². The number of aromatic carboxylic acids is 1. The molecule has 7 nitrogen and oxygen atoms in total. The highest BCUT2D eigenvalue weighted by molar-refractivity contribution is 7.99. The Kier molecular flexibility index (Phi) is 5.59. The van der Waals surface area contributed by atoms with E-state index in [9.17, 15) is 14.4 Å². The van der Waals surface area contributed by atoms with Gasteiger partial charge >= 0.3 is 5.97 Å². The third kappa shape index (κ3) is 4.22. The molecule has 2 rings (SSSR count). The molecule has 0 spiro atoms. The first-order valence-corrected chi connectivity index (χ1v) is 8.41. The van der Waals surface area contributed by atoms with Gasteiger partial charge in [0.25, 0.3) is 5.91 Å². The van der Waals surface area contributed by atoms with Crippen molar-refractivity contribution in [2.45, 2.75) is 19.9 Å². The average molecular weight is 337 g/mol. The molecule has 1 aliphatic rings. The van der Waals surface area contributed by atoms with E-state index in [0.29, 0.717) is 24.1 Å². The number of carboxylic acid groups (broad SMARTS) is 1. The van der Waals surface area contributed by atoms with Crippen LogP contribution in [0.4, 0.5) is 0 Å². The van der Waals surface area contributed by atoms with Crippen LogP contribution in [0.25, 0.3) is 0 Å². The molecule has 1 fully saturated rings. The molecule has 2 heterocycles. The van der Waals surface area contributed by atoms with Crippen molar-refractivity contribution < 1.29 is 19.5 Å². The third-order valence-electron chi connectivity index (χ3n) is 3.36. The van der Waals surface area contributed by atoms with Crippen molar-refractivity contribution in [3.8, 4) is 0 Å². The maximum absolute atomic E-state index is 12.6. The van der Waals surface area contributed by atoms with Crippen LogP contribution >= 0.6 is 11.8 Å². The lowest BCUT2D eigenvalue weighted by Gasteiger charge is -2.23. The summed E-state index contributed by atoms with van der Waals surface area (Å²) in [4.78, 5) is 41.2.